The summed E-state index contributed by atoms with van der Waals surface area (Å²) in [5, 5.41) is 8.74. The van der Waals surface area contributed by atoms with Gasteiger partial charge in [0, 0.05) is 0 Å². The van der Waals surface area contributed by atoms with Gasteiger partial charge in [0.15, 0.2) is 0 Å². The number of nitrogens with zero attached hydrogens (tertiary/aromatic N) is 1. The molecule has 0 amide bonds. The lowest BCUT2D eigenvalue weighted by atomic mass is 9.91. The normalized spacial score (nSPS) is 14.9. The summed E-state index contributed by atoms with van der Waals surface area (Å²) in [6, 6.07) is 8.52. The van der Waals surface area contributed by atoms with Crippen molar-refractivity contribution in [3.05, 3.63) is 29.3 Å². The second-order valence-electron chi connectivity index (χ2n) is 5.33. The Morgan fingerprint density at radius 3 is 2.65 bits per heavy atom. The lowest BCUT2D eigenvalue weighted by molar-refractivity contribution is 0.114. The van der Waals surface area contributed by atoms with Gasteiger partial charge in [0.05, 0.1) is 12.5 Å². The van der Waals surface area contributed by atoms with Gasteiger partial charge in [0.1, 0.15) is 11.4 Å². The highest BCUT2D eigenvalue weighted by atomic mass is 16.5. The Bertz CT molecular complexity index is 443. The Morgan fingerprint density at radius 2 is 1.94 bits per heavy atom. The van der Waals surface area contributed by atoms with Crippen molar-refractivity contribution in [3.8, 4) is 11.8 Å². The molecule has 0 aromatic heterocycles. The van der Waals surface area contributed by atoms with Crippen molar-refractivity contribution in [3.63, 3.8) is 0 Å². The molecule has 0 N–H and O–H groups in total. The van der Waals surface area contributed by atoms with Crippen molar-refractivity contribution in [2.45, 2.75) is 51.6 Å². The van der Waals surface area contributed by atoms with E-state index in [2.05, 4.69) is 18.2 Å². The molecule has 1 aliphatic rings. The number of fused-ring (bicyclic) bond motifs is 1. The largest absolute Gasteiger partial charge is 0.487 e. The summed E-state index contributed by atoms with van der Waals surface area (Å²) >= 11 is 0. The number of aryl methyl sites for hydroxylation is 2. The fourth-order valence-electron chi connectivity index (χ4n) is 2.32. The van der Waals surface area contributed by atoms with Crippen molar-refractivity contribution in [1.29, 1.82) is 5.26 Å². The maximum atomic E-state index is 8.74. The van der Waals surface area contributed by atoms with Crippen molar-refractivity contribution in [1.82, 2.24) is 0 Å². The van der Waals surface area contributed by atoms with Crippen LogP contribution < -0.4 is 4.74 Å². The maximum absolute atomic E-state index is 8.74. The third-order valence-electron chi connectivity index (χ3n) is 3.22. The molecule has 1 aromatic rings. The van der Waals surface area contributed by atoms with Gasteiger partial charge in [0.25, 0.3) is 0 Å². The first-order valence-electron chi connectivity index (χ1n) is 6.28. The number of nitriles is 1. The van der Waals surface area contributed by atoms with Crippen LogP contribution in [0, 0.1) is 11.3 Å². The Hall–Kier alpha value is -1.49. The van der Waals surface area contributed by atoms with Gasteiger partial charge in [-0.2, -0.15) is 5.26 Å². The molecule has 0 saturated heterocycles. The Kier molecular flexibility index (Phi) is 3.38. The SMILES string of the molecule is CC(C)(CC#N)Oc1ccc2c(c1)CCCC2. The molecular formula is C15H19NO. The minimum absolute atomic E-state index is 0.405. The van der Waals surface area contributed by atoms with Crippen LogP contribution in [0.2, 0.25) is 0 Å². The lowest BCUT2D eigenvalue weighted by Crippen LogP contribution is -2.27. The molecule has 2 rings (SSSR count). The molecule has 0 bridgehead atoms. The van der Waals surface area contributed by atoms with Gasteiger partial charge in [-0.15, -0.1) is 0 Å². The molecule has 0 atom stereocenters. The van der Waals surface area contributed by atoms with E-state index in [0.717, 1.165) is 12.2 Å². The first kappa shape index (κ1) is 12.0. The summed E-state index contributed by atoms with van der Waals surface area (Å²) in [5.74, 6) is 0.894. The molecule has 0 unspecified atom stereocenters. The highest BCUT2D eigenvalue weighted by molar-refractivity contribution is 5.37. The summed E-state index contributed by atoms with van der Waals surface area (Å²) in [4.78, 5) is 0. The average Bonchev–Trinajstić information content (AvgIpc) is 2.28. The van der Waals surface area contributed by atoms with Crippen LogP contribution in [-0.4, -0.2) is 5.60 Å². The molecule has 0 heterocycles. The standard InChI is InChI=1S/C15H19NO/c1-15(2,9-10-16)17-14-8-7-12-5-3-4-6-13(12)11-14/h7-8,11H,3-6,9H2,1-2H3. The van der Waals surface area contributed by atoms with Gasteiger partial charge in [0.2, 0.25) is 0 Å². The van der Waals surface area contributed by atoms with Crippen LogP contribution in [0.4, 0.5) is 0 Å². The summed E-state index contributed by atoms with van der Waals surface area (Å²) in [7, 11) is 0. The van der Waals surface area contributed by atoms with Gasteiger partial charge in [-0.25, -0.2) is 0 Å². The van der Waals surface area contributed by atoms with Gasteiger partial charge in [-0.3, -0.25) is 0 Å². The second-order valence-corrected chi connectivity index (χ2v) is 5.33. The molecule has 1 aliphatic carbocycles. The zero-order valence-corrected chi connectivity index (χ0v) is 10.6. The van der Waals surface area contributed by atoms with E-state index in [1.54, 1.807) is 0 Å². The quantitative estimate of drug-likeness (QED) is 0.792. The monoisotopic (exact) mass is 229 g/mol. The molecule has 0 aliphatic heterocycles. The van der Waals surface area contributed by atoms with Crippen molar-refractivity contribution < 1.29 is 4.74 Å². The first-order chi connectivity index (χ1) is 8.11. The van der Waals surface area contributed by atoms with Crippen LogP contribution >= 0.6 is 0 Å². The van der Waals surface area contributed by atoms with E-state index < -0.39 is 5.60 Å². The predicted octanol–water partition coefficient (Wildman–Crippen LogP) is 3.64. The van der Waals surface area contributed by atoms with Crippen molar-refractivity contribution in [2.24, 2.45) is 0 Å². The minimum atomic E-state index is -0.405. The first-order valence-corrected chi connectivity index (χ1v) is 6.28. The highest BCUT2D eigenvalue weighted by Crippen LogP contribution is 2.28. The lowest BCUT2D eigenvalue weighted by Gasteiger charge is -2.25. The van der Waals surface area contributed by atoms with Gasteiger partial charge >= 0.3 is 0 Å². The number of hydrogen-bond donors (Lipinski definition) is 0. The molecule has 2 heteroatoms. The fraction of sp³-hybridized carbons (Fsp3) is 0.533. The smallest absolute Gasteiger partial charge is 0.120 e. The van der Waals surface area contributed by atoms with E-state index in [0.29, 0.717) is 6.42 Å². The maximum Gasteiger partial charge on any atom is 0.120 e. The van der Waals surface area contributed by atoms with E-state index >= 15 is 0 Å². The zero-order chi connectivity index (χ0) is 12.3. The van der Waals surface area contributed by atoms with Gasteiger partial charge in [-0.05, 0) is 62.8 Å². The minimum Gasteiger partial charge on any atom is -0.487 e. The number of ether oxygens (including phenoxy) is 1. The van der Waals surface area contributed by atoms with Crippen LogP contribution in [-0.2, 0) is 12.8 Å². The third-order valence-corrected chi connectivity index (χ3v) is 3.22. The van der Waals surface area contributed by atoms with E-state index in [4.69, 9.17) is 10.00 Å². The van der Waals surface area contributed by atoms with Crippen LogP contribution in [0.1, 0.15) is 44.2 Å². The highest BCUT2D eigenvalue weighted by Gasteiger charge is 2.20. The molecule has 0 saturated carbocycles. The van der Waals surface area contributed by atoms with Crippen LogP contribution in [0.5, 0.6) is 5.75 Å². The average molecular weight is 229 g/mol. The molecular weight excluding hydrogens is 210 g/mol. The third kappa shape index (κ3) is 3.00. The van der Waals surface area contributed by atoms with Crippen LogP contribution in [0.25, 0.3) is 0 Å². The molecule has 17 heavy (non-hydrogen) atoms. The van der Waals surface area contributed by atoms with E-state index in [9.17, 15) is 0 Å². The Morgan fingerprint density at radius 1 is 1.24 bits per heavy atom. The van der Waals surface area contributed by atoms with Crippen molar-refractivity contribution in [2.75, 3.05) is 0 Å². The molecule has 0 radical (unpaired) electrons. The number of hydrogen-bond acceptors (Lipinski definition) is 2. The Labute approximate surface area is 103 Å². The Balaban J connectivity index is 2.15. The van der Waals surface area contributed by atoms with Gasteiger partial charge < -0.3 is 4.74 Å². The summed E-state index contributed by atoms with van der Waals surface area (Å²) in [6.07, 6.45) is 5.33. The number of benzene rings is 1. The van der Waals surface area contributed by atoms with E-state index in [-0.39, 0.29) is 0 Å². The predicted molar refractivity (Wildman–Crippen MR) is 68.0 cm³/mol. The summed E-state index contributed by atoms with van der Waals surface area (Å²) in [6.45, 7) is 3.91. The fourth-order valence-corrected chi connectivity index (χ4v) is 2.32. The zero-order valence-electron chi connectivity index (χ0n) is 10.6. The van der Waals surface area contributed by atoms with Gasteiger partial charge in [-0.1, -0.05) is 6.07 Å². The molecule has 0 spiro atoms. The molecule has 90 valence electrons. The molecule has 2 nitrogen and oxygen atoms in total. The molecule has 0 fully saturated rings. The topological polar surface area (TPSA) is 33.0 Å². The second kappa shape index (κ2) is 4.79. The van der Waals surface area contributed by atoms with E-state index in [1.165, 1.54) is 30.4 Å². The number of rotatable bonds is 3. The molecule has 1 aromatic carbocycles. The van der Waals surface area contributed by atoms with Crippen LogP contribution in [0.15, 0.2) is 18.2 Å². The van der Waals surface area contributed by atoms with Crippen molar-refractivity contribution >= 4 is 0 Å². The summed E-state index contributed by atoms with van der Waals surface area (Å²) < 4.78 is 5.89. The van der Waals surface area contributed by atoms with Crippen LogP contribution in [0.3, 0.4) is 0 Å². The summed E-state index contributed by atoms with van der Waals surface area (Å²) in [5.41, 5.74) is 2.47. The van der Waals surface area contributed by atoms with E-state index in [1.807, 2.05) is 19.9 Å².